The molecule has 1 unspecified atom stereocenters. The lowest BCUT2D eigenvalue weighted by Gasteiger charge is -2.31. The molecule has 3 nitrogen and oxygen atoms in total. The first-order valence-corrected chi connectivity index (χ1v) is 7.84. The Morgan fingerprint density at radius 3 is 2.25 bits per heavy atom. The number of nitrogens with two attached hydrogens (primary N) is 1. The second-order valence-corrected chi connectivity index (χ2v) is 6.34. The molecule has 2 aliphatic rings. The van der Waals surface area contributed by atoms with Crippen LogP contribution in [-0.2, 0) is 4.79 Å². The molecule has 108 valence electrons. The van der Waals surface area contributed by atoms with Crippen LogP contribution in [0.5, 0.6) is 0 Å². The minimum atomic E-state index is -0.120. The number of amides is 1. The molecule has 2 aliphatic carbocycles. The number of nitrogens with one attached hydrogen (secondary N) is 1. The molecule has 1 atom stereocenters. The van der Waals surface area contributed by atoms with Crippen molar-refractivity contribution in [3.8, 4) is 0 Å². The number of carbonyl (C=O) groups excluding carboxylic acids is 1. The summed E-state index contributed by atoms with van der Waals surface area (Å²) in [7, 11) is 0. The zero-order valence-corrected chi connectivity index (χ0v) is 11.9. The van der Waals surface area contributed by atoms with Crippen molar-refractivity contribution < 1.29 is 4.79 Å². The van der Waals surface area contributed by atoms with Crippen molar-refractivity contribution in [3.63, 3.8) is 0 Å². The van der Waals surface area contributed by atoms with Gasteiger partial charge in [0.1, 0.15) is 0 Å². The second kappa shape index (κ2) is 5.96. The van der Waals surface area contributed by atoms with Crippen LogP contribution in [0.3, 0.4) is 0 Å². The Balaban J connectivity index is 1.60. The Morgan fingerprint density at radius 2 is 1.70 bits per heavy atom. The molecule has 2 fully saturated rings. The summed E-state index contributed by atoms with van der Waals surface area (Å²) in [6.07, 6.45) is 6.71. The fourth-order valence-electron chi connectivity index (χ4n) is 3.39. The molecular weight excluding hydrogens is 248 g/mol. The highest BCUT2D eigenvalue weighted by Gasteiger charge is 2.34. The van der Waals surface area contributed by atoms with E-state index in [-0.39, 0.29) is 11.8 Å². The Bertz CT molecular complexity index is 447. The van der Waals surface area contributed by atoms with Crippen molar-refractivity contribution in [1.82, 2.24) is 5.32 Å². The highest BCUT2D eigenvalue weighted by atomic mass is 16.1. The lowest BCUT2D eigenvalue weighted by atomic mass is 9.85. The van der Waals surface area contributed by atoms with Crippen molar-refractivity contribution in [3.05, 3.63) is 35.9 Å². The summed E-state index contributed by atoms with van der Waals surface area (Å²) in [5.41, 5.74) is 6.81. The van der Waals surface area contributed by atoms with Gasteiger partial charge in [-0.05, 0) is 50.0 Å². The number of hydrogen-bond acceptors (Lipinski definition) is 2. The van der Waals surface area contributed by atoms with Crippen LogP contribution in [0, 0.1) is 11.8 Å². The predicted molar refractivity (Wildman–Crippen MR) is 80.0 cm³/mol. The van der Waals surface area contributed by atoms with Gasteiger partial charge >= 0.3 is 0 Å². The van der Waals surface area contributed by atoms with E-state index in [1.54, 1.807) is 0 Å². The van der Waals surface area contributed by atoms with Crippen molar-refractivity contribution in [2.45, 2.75) is 50.6 Å². The molecule has 0 aromatic heterocycles. The first-order valence-electron chi connectivity index (χ1n) is 7.84. The first-order chi connectivity index (χ1) is 9.74. The monoisotopic (exact) mass is 272 g/mol. The highest BCUT2D eigenvalue weighted by molar-refractivity contribution is 5.76. The summed E-state index contributed by atoms with van der Waals surface area (Å²) in [6, 6.07) is 11.8. The largest absolute Gasteiger partial charge is 0.369 e. The third-order valence-corrected chi connectivity index (χ3v) is 4.80. The molecule has 0 heterocycles. The molecule has 3 rings (SSSR count). The molecular formula is C17H24N2O. The van der Waals surface area contributed by atoms with Crippen molar-refractivity contribution in [2.75, 3.05) is 0 Å². The summed E-state index contributed by atoms with van der Waals surface area (Å²) in [6.45, 7) is 0. The second-order valence-electron chi connectivity index (χ2n) is 6.34. The van der Waals surface area contributed by atoms with Crippen LogP contribution >= 0.6 is 0 Å². The molecule has 3 heteroatoms. The molecule has 1 amide bonds. The molecule has 1 aromatic rings. The fraction of sp³-hybridized carbons (Fsp3) is 0.588. The standard InChI is InChI=1S/C17H24N2O/c18-17(20)14-8-10-15(11-9-14)19-16(13-6-7-13)12-4-2-1-3-5-12/h1-5,13-16,19H,6-11H2,(H2,18,20). The van der Waals surface area contributed by atoms with Gasteiger partial charge in [-0.1, -0.05) is 30.3 Å². The van der Waals surface area contributed by atoms with Gasteiger partial charge in [-0.15, -0.1) is 0 Å². The normalized spacial score (nSPS) is 28.0. The SMILES string of the molecule is NC(=O)C1CCC(NC(c2ccccc2)C2CC2)CC1. The zero-order valence-electron chi connectivity index (χ0n) is 11.9. The zero-order chi connectivity index (χ0) is 13.9. The first kappa shape index (κ1) is 13.6. The molecule has 0 spiro atoms. The van der Waals surface area contributed by atoms with Crippen LogP contribution in [-0.4, -0.2) is 11.9 Å². The van der Waals surface area contributed by atoms with Crippen LogP contribution in [0.1, 0.15) is 50.1 Å². The van der Waals surface area contributed by atoms with Crippen LogP contribution in [0.15, 0.2) is 30.3 Å². The molecule has 1 aromatic carbocycles. The average Bonchev–Trinajstić information content (AvgIpc) is 3.31. The lowest BCUT2D eigenvalue weighted by molar-refractivity contribution is -0.122. The maximum atomic E-state index is 11.2. The quantitative estimate of drug-likeness (QED) is 0.866. The van der Waals surface area contributed by atoms with Crippen LogP contribution in [0.4, 0.5) is 0 Å². The van der Waals surface area contributed by atoms with E-state index in [1.807, 2.05) is 0 Å². The summed E-state index contributed by atoms with van der Waals surface area (Å²) in [5.74, 6) is 0.778. The molecule has 0 radical (unpaired) electrons. The molecule has 3 N–H and O–H groups in total. The van der Waals surface area contributed by atoms with E-state index in [1.165, 1.54) is 18.4 Å². The Morgan fingerprint density at radius 1 is 1.05 bits per heavy atom. The highest BCUT2D eigenvalue weighted by Crippen LogP contribution is 2.42. The van der Waals surface area contributed by atoms with Crippen molar-refractivity contribution >= 4 is 5.91 Å². The molecule has 20 heavy (non-hydrogen) atoms. The van der Waals surface area contributed by atoms with Crippen LogP contribution in [0.25, 0.3) is 0 Å². The summed E-state index contributed by atoms with van der Waals surface area (Å²) >= 11 is 0. The molecule has 0 saturated heterocycles. The number of benzene rings is 1. The van der Waals surface area contributed by atoms with Gasteiger partial charge in [-0.2, -0.15) is 0 Å². The topological polar surface area (TPSA) is 55.1 Å². The molecule has 0 bridgehead atoms. The van der Waals surface area contributed by atoms with Crippen molar-refractivity contribution in [2.24, 2.45) is 17.6 Å². The summed E-state index contributed by atoms with van der Waals surface area (Å²) < 4.78 is 0. The van der Waals surface area contributed by atoms with E-state index in [2.05, 4.69) is 35.6 Å². The average molecular weight is 272 g/mol. The predicted octanol–water partition coefficient (Wildman–Crippen LogP) is 2.77. The molecule has 2 saturated carbocycles. The number of primary amides is 1. The fourth-order valence-corrected chi connectivity index (χ4v) is 3.39. The van der Waals surface area contributed by atoms with Gasteiger partial charge in [-0.3, -0.25) is 4.79 Å². The van der Waals surface area contributed by atoms with Gasteiger partial charge in [0, 0.05) is 18.0 Å². The Labute approximate surface area is 120 Å². The number of hydrogen-bond donors (Lipinski definition) is 2. The van der Waals surface area contributed by atoms with Gasteiger partial charge in [0.15, 0.2) is 0 Å². The van der Waals surface area contributed by atoms with E-state index >= 15 is 0 Å². The van der Waals surface area contributed by atoms with Gasteiger partial charge < -0.3 is 11.1 Å². The lowest BCUT2D eigenvalue weighted by Crippen LogP contribution is -2.39. The van der Waals surface area contributed by atoms with Crippen LogP contribution < -0.4 is 11.1 Å². The number of rotatable bonds is 5. The van der Waals surface area contributed by atoms with Gasteiger partial charge in [0.05, 0.1) is 0 Å². The maximum Gasteiger partial charge on any atom is 0.220 e. The summed E-state index contributed by atoms with van der Waals surface area (Å²) in [5, 5.41) is 3.84. The Kier molecular flexibility index (Phi) is 4.06. The minimum Gasteiger partial charge on any atom is -0.369 e. The van der Waals surface area contributed by atoms with Crippen LogP contribution in [0.2, 0.25) is 0 Å². The van der Waals surface area contributed by atoms with E-state index < -0.39 is 0 Å². The van der Waals surface area contributed by atoms with E-state index in [9.17, 15) is 4.79 Å². The Hall–Kier alpha value is -1.35. The third kappa shape index (κ3) is 3.21. The third-order valence-electron chi connectivity index (χ3n) is 4.80. The summed E-state index contributed by atoms with van der Waals surface area (Å²) in [4.78, 5) is 11.2. The van der Waals surface area contributed by atoms with E-state index in [4.69, 9.17) is 5.73 Å². The molecule has 0 aliphatic heterocycles. The van der Waals surface area contributed by atoms with E-state index in [0.717, 1.165) is 31.6 Å². The van der Waals surface area contributed by atoms with Gasteiger partial charge in [-0.25, -0.2) is 0 Å². The van der Waals surface area contributed by atoms with Gasteiger partial charge in [0.2, 0.25) is 5.91 Å². The van der Waals surface area contributed by atoms with E-state index in [0.29, 0.717) is 12.1 Å². The minimum absolute atomic E-state index is 0.101. The maximum absolute atomic E-state index is 11.2. The smallest absolute Gasteiger partial charge is 0.220 e. The van der Waals surface area contributed by atoms with Crippen molar-refractivity contribution in [1.29, 1.82) is 0 Å². The number of carbonyl (C=O) groups is 1. The van der Waals surface area contributed by atoms with Gasteiger partial charge in [0.25, 0.3) is 0 Å².